The summed E-state index contributed by atoms with van der Waals surface area (Å²) in [6, 6.07) is 9.80. The minimum Gasteiger partial charge on any atom is -0.461 e. The Morgan fingerprint density at radius 2 is 2.07 bits per heavy atom. The van der Waals surface area contributed by atoms with E-state index < -0.39 is 0 Å². The summed E-state index contributed by atoms with van der Waals surface area (Å²) in [6.07, 6.45) is 5.31. The highest BCUT2D eigenvalue weighted by atomic mass is 35.5. The molecule has 1 N–H and O–H groups in total. The van der Waals surface area contributed by atoms with Crippen molar-refractivity contribution in [3.8, 4) is 11.6 Å². The Balaban J connectivity index is 1.69. The molecule has 1 fully saturated rings. The van der Waals surface area contributed by atoms with Gasteiger partial charge in [-0.25, -0.2) is 4.98 Å². The molecule has 0 saturated carbocycles. The molecule has 0 unspecified atom stereocenters. The van der Waals surface area contributed by atoms with Crippen LogP contribution in [0.15, 0.2) is 41.0 Å². The zero-order chi connectivity index (χ0) is 19.1. The van der Waals surface area contributed by atoms with E-state index in [0.717, 1.165) is 71.2 Å². The number of nitrogens with one attached hydrogen (secondary N) is 1. The van der Waals surface area contributed by atoms with Crippen molar-refractivity contribution in [3.05, 3.63) is 47.3 Å². The fraction of sp³-hybridized carbons (Fsp3) is 0.364. The quantitative estimate of drug-likeness (QED) is 0.517. The van der Waals surface area contributed by atoms with Crippen LogP contribution in [-0.2, 0) is 6.54 Å². The summed E-state index contributed by atoms with van der Waals surface area (Å²) in [5.74, 6) is 2.41. The Kier molecular flexibility index (Phi) is 4.57. The minimum atomic E-state index is 0.700. The van der Waals surface area contributed by atoms with Gasteiger partial charge in [-0.15, -0.1) is 0 Å². The van der Waals surface area contributed by atoms with Gasteiger partial charge in [-0.2, -0.15) is 0 Å². The number of imidazole rings is 1. The topological polar surface area (TPSA) is 55.9 Å². The summed E-state index contributed by atoms with van der Waals surface area (Å²) in [4.78, 5) is 9.70. The predicted octanol–water partition coefficient (Wildman–Crippen LogP) is 5.20. The standard InChI is InChI=1S/C22H23ClN4O/c1-14-20-21(17-5-4-16(23)13-18(17)25-14)27(11-8-15-6-9-24-10-7-15)22(26-20)19-3-2-12-28-19/h2-5,12-13,15,24H,6-11H2,1H3. The van der Waals surface area contributed by atoms with Crippen molar-refractivity contribution in [1.82, 2.24) is 19.9 Å². The smallest absolute Gasteiger partial charge is 0.177 e. The molecule has 4 aromatic rings. The summed E-state index contributed by atoms with van der Waals surface area (Å²) in [6.45, 7) is 5.16. The van der Waals surface area contributed by atoms with Crippen LogP contribution in [0.3, 0.4) is 0 Å². The first kappa shape index (κ1) is 17.7. The first-order valence-electron chi connectivity index (χ1n) is 9.91. The molecule has 6 heteroatoms. The average Bonchev–Trinajstić information content (AvgIpc) is 3.35. The number of pyridine rings is 1. The number of hydrogen-bond donors (Lipinski definition) is 1. The molecule has 0 aliphatic carbocycles. The van der Waals surface area contributed by atoms with Crippen LogP contribution in [-0.4, -0.2) is 27.6 Å². The number of aromatic nitrogens is 3. The molecule has 1 aliphatic rings. The minimum absolute atomic E-state index is 0.700. The summed E-state index contributed by atoms with van der Waals surface area (Å²) in [5.41, 5.74) is 3.88. The van der Waals surface area contributed by atoms with Crippen molar-refractivity contribution in [3.63, 3.8) is 0 Å². The van der Waals surface area contributed by atoms with Crippen molar-refractivity contribution in [2.24, 2.45) is 5.92 Å². The molecule has 3 aromatic heterocycles. The lowest BCUT2D eigenvalue weighted by molar-refractivity contribution is 0.339. The normalized spacial score (nSPS) is 15.6. The van der Waals surface area contributed by atoms with Crippen LogP contribution >= 0.6 is 11.6 Å². The number of nitrogens with zero attached hydrogens (tertiary/aromatic N) is 3. The van der Waals surface area contributed by atoms with Gasteiger partial charge >= 0.3 is 0 Å². The van der Waals surface area contributed by atoms with Gasteiger partial charge in [0.15, 0.2) is 11.6 Å². The van der Waals surface area contributed by atoms with Crippen molar-refractivity contribution < 1.29 is 4.42 Å². The third kappa shape index (κ3) is 3.09. The van der Waals surface area contributed by atoms with E-state index in [4.69, 9.17) is 26.0 Å². The Morgan fingerprint density at radius 3 is 2.86 bits per heavy atom. The fourth-order valence-electron chi connectivity index (χ4n) is 4.30. The zero-order valence-electron chi connectivity index (χ0n) is 15.9. The van der Waals surface area contributed by atoms with Gasteiger partial charge in [0, 0.05) is 17.0 Å². The van der Waals surface area contributed by atoms with Crippen LogP contribution in [0.5, 0.6) is 0 Å². The van der Waals surface area contributed by atoms with Gasteiger partial charge < -0.3 is 14.3 Å². The molecule has 4 heterocycles. The number of furan rings is 1. The second kappa shape index (κ2) is 7.22. The Bertz CT molecular complexity index is 1130. The molecule has 0 bridgehead atoms. The maximum atomic E-state index is 6.23. The molecule has 28 heavy (non-hydrogen) atoms. The molecule has 1 saturated heterocycles. The van der Waals surface area contributed by atoms with Crippen LogP contribution in [0.1, 0.15) is 25.0 Å². The van der Waals surface area contributed by atoms with E-state index >= 15 is 0 Å². The van der Waals surface area contributed by atoms with Gasteiger partial charge in [0.05, 0.1) is 23.0 Å². The zero-order valence-corrected chi connectivity index (χ0v) is 16.7. The number of halogens is 1. The van der Waals surface area contributed by atoms with Gasteiger partial charge in [-0.1, -0.05) is 11.6 Å². The van der Waals surface area contributed by atoms with Gasteiger partial charge in [0.1, 0.15) is 5.52 Å². The Labute approximate surface area is 168 Å². The van der Waals surface area contributed by atoms with Crippen molar-refractivity contribution in [1.29, 1.82) is 0 Å². The van der Waals surface area contributed by atoms with E-state index in [2.05, 4.69) is 16.0 Å². The molecule has 0 spiro atoms. The molecule has 144 valence electrons. The molecule has 1 aromatic carbocycles. The van der Waals surface area contributed by atoms with E-state index in [-0.39, 0.29) is 0 Å². The van der Waals surface area contributed by atoms with E-state index in [1.165, 1.54) is 12.8 Å². The van der Waals surface area contributed by atoms with Crippen molar-refractivity contribution >= 4 is 33.5 Å². The summed E-state index contributed by atoms with van der Waals surface area (Å²) >= 11 is 6.23. The van der Waals surface area contributed by atoms with Crippen LogP contribution < -0.4 is 5.32 Å². The molecule has 1 aliphatic heterocycles. The number of fused-ring (bicyclic) bond motifs is 3. The van der Waals surface area contributed by atoms with E-state index in [0.29, 0.717) is 5.02 Å². The summed E-state index contributed by atoms with van der Waals surface area (Å²) < 4.78 is 8.04. The second-order valence-corrected chi connectivity index (χ2v) is 8.04. The van der Waals surface area contributed by atoms with E-state index in [9.17, 15) is 0 Å². The molecular formula is C22H23ClN4O. The van der Waals surface area contributed by atoms with Gasteiger partial charge in [-0.3, -0.25) is 4.98 Å². The first-order chi connectivity index (χ1) is 13.7. The lowest BCUT2D eigenvalue weighted by atomic mass is 9.94. The molecule has 0 amide bonds. The maximum absolute atomic E-state index is 6.23. The largest absolute Gasteiger partial charge is 0.461 e. The third-order valence-electron chi connectivity index (χ3n) is 5.77. The van der Waals surface area contributed by atoms with E-state index in [1.807, 2.05) is 31.2 Å². The van der Waals surface area contributed by atoms with Crippen LogP contribution in [0.2, 0.25) is 5.02 Å². The van der Waals surface area contributed by atoms with Crippen LogP contribution in [0.25, 0.3) is 33.5 Å². The van der Waals surface area contributed by atoms with Crippen LogP contribution in [0.4, 0.5) is 0 Å². The number of rotatable bonds is 4. The highest BCUT2D eigenvalue weighted by molar-refractivity contribution is 6.31. The molecule has 0 atom stereocenters. The number of aryl methyl sites for hydroxylation is 2. The van der Waals surface area contributed by atoms with Gasteiger partial charge in [0.25, 0.3) is 0 Å². The maximum Gasteiger partial charge on any atom is 0.177 e. The summed E-state index contributed by atoms with van der Waals surface area (Å²) in [7, 11) is 0. The van der Waals surface area contributed by atoms with E-state index in [1.54, 1.807) is 6.26 Å². The predicted molar refractivity (Wildman–Crippen MR) is 113 cm³/mol. The highest BCUT2D eigenvalue weighted by Gasteiger charge is 2.21. The SMILES string of the molecule is Cc1nc2cc(Cl)ccc2c2c1nc(-c1ccco1)n2CCC1CCNCC1. The molecule has 5 nitrogen and oxygen atoms in total. The van der Waals surface area contributed by atoms with Crippen molar-refractivity contribution in [2.75, 3.05) is 13.1 Å². The monoisotopic (exact) mass is 394 g/mol. The number of piperidine rings is 1. The Morgan fingerprint density at radius 1 is 1.21 bits per heavy atom. The Hall–Kier alpha value is -2.37. The lowest BCUT2D eigenvalue weighted by Gasteiger charge is -2.23. The molecular weight excluding hydrogens is 372 g/mol. The number of benzene rings is 1. The lowest BCUT2D eigenvalue weighted by Crippen LogP contribution is -2.28. The van der Waals surface area contributed by atoms with Crippen LogP contribution in [0, 0.1) is 12.8 Å². The molecule has 0 radical (unpaired) electrons. The fourth-order valence-corrected chi connectivity index (χ4v) is 4.47. The van der Waals surface area contributed by atoms with Crippen molar-refractivity contribution in [2.45, 2.75) is 32.7 Å². The van der Waals surface area contributed by atoms with Gasteiger partial charge in [0.2, 0.25) is 0 Å². The second-order valence-electron chi connectivity index (χ2n) is 7.60. The summed E-state index contributed by atoms with van der Waals surface area (Å²) in [5, 5.41) is 5.24. The average molecular weight is 395 g/mol. The third-order valence-corrected chi connectivity index (χ3v) is 6.01. The van der Waals surface area contributed by atoms with Gasteiger partial charge in [-0.05, 0) is 75.5 Å². The first-order valence-corrected chi connectivity index (χ1v) is 10.3. The number of hydrogen-bond acceptors (Lipinski definition) is 4. The molecule has 5 rings (SSSR count). The highest BCUT2D eigenvalue weighted by Crippen LogP contribution is 2.33.